The third-order valence-electron chi connectivity index (χ3n) is 1.41. The number of rotatable bonds is 2. The first-order valence-corrected chi connectivity index (χ1v) is 5.89. The first-order chi connectivity index (χ1) is 6.37. The number of thiazole rings is 1. The smallest absolute Gasteiger partial charge is 0.226 e. The van der Waals surface area contributed by atoms with Crippen molar-refractivity contribution in [2.24, 2.45) is 5.41 Å². The van der Waals surface area contributed by atoms with Gasteiger partial charge in [-0.3, -0.25) is 4.79 Å². The average molecular weight is 277 g/mol. The summed E-state index contributed by atoms with van der Waals surface area (Å²) in [5.41, 5.74) is 0.0125. The van der Waals surface area contributed by atoms with E-state index in [0.29, 0.717) is 11.6 Å². The molecule has 78 valence electrons. The number of anilines is 1. The fourth-order valence-electron chi connectivity index (χ4n) is 0.957. The molecule has 0 aliphatic rings. The van der Waals surface area contributed by atoms with Gasteiger partial charge < -0.3 is 5.32 Å². The summed E-state index contributed by atoms with van der Waals surface area (Å²) in [6, 6.07) is 0. The second-order valence-corrected chi connectivity index (χ2v) is 6.67. The lowest BCUT2D eigenvalue weighted by molar-refractivity contribution is -0.117. The quantitative estimate of drug-likeness (QED) is 0.901. The second-order valence-electron chi connectivity index (χ2n) is 4.26. The van der Waals surface area contributed by atoms with Gasteiger partial charge in [-0.15, -0.1) is 0 Å². The predicted octanol–water partition coefficient (Wildman–Crippen LogP) is 3.28. The zero-order valence-corrected chi connectivity index (χ0v) is 10.8. The Balaban J connectivity index is 2.50. The van der Waals surface area contributed by atoms with Gasteiger partial charge in [0.2, 0.25) is 5.91 Å². The van der Waals surface area contributed by atoms with E-state index >= 15 is 0 Å². The van der Waals surface area contributed by atoms with E-state index in [1.807, 2.05) is 20.8 Å². The lowest BCUT2D eigenvalue weighted by Gasteiger charge is -2.16. The molecule has 0 bridgehead atoms. The summed E-state index contributed by atoms with van der Waals surface area (Å²) >= 11 is 4.70. The van der Waals surface area contributed by atoms with Crippen LogP contribution in [0.1, 0.15) is 27.2 Å². The van der Waals surface area contributed by atoms with Crippen LogP contribution in [-0.4, -0.2) is 10.9 Å². The van der Waals surface area contributed by atoms with Gasteiger partial charge in [-0.2, -0.15) is 0 Å². The van der Waals surface area contributed by atoms with Crippen LogP contribution in [0.15, 0.2) is 9.98 Å². The molecule has 1 amide bonds. The lowest BCUT2D eigenvalue weighted by atomic mass is 9.92. The molecule has 0 spiro atoms. The summed E-state index contributed by atoms with van der Waals surface area (Å²) in [5.74, 6) is 0.0133. The zero-order chi connectivity index (χ0) is 10.8. The molecule has 0 aliphatic heterocycles. The minimum absolute atomic E-state index is 0.0125. The van der Waals surface area contributed by atoms with Gasteiger partial charge in [0.05, 0.1) is 9.98 Å². The van der Waals surface area contributed by atoms with Gasteiger partial charge in [-0.25, -0.2) is 4.98 Å². The van der Waals surface area contributed by atoms with Crippen molar-refractivity contribution in [2.45, 2.75) is 27.2 Å². The number of nitrogens with zero attached hydrogens (tertiary/aromatic N) is 1. The standard InChI is InChI=1S/C9H13BrN2OS/c1-9(2,3)4-7(13)12-8-11-5-6(10)14-8/h5H,4H2,1-3H3,(H,11,12,13). The van der Waals surface area contributed by atoms with Gasteiger partial charge in [0, 0.05) is 6.42 Å². The Bertz CT molecular complexity index is 330. The maximum atomic E-state index is 11.5. The molecule has 0 aliphatic carbocycles. The van der Waals surface area contributed by atoms with Gasteiger partial charge >= 0.3 is 0 Å². The van der Waals surface area contributed by atoms with Crippen LogP contribution in [0.25, 0.3) is 0 Å². The maximum absolute atomic E-state index is 11.5. The van der Waals surface area contributed by atoms with E-state index in [0.717, 1.165) is 3.79 Å². The Morgan fingerprint density at radius 1 is 1.64 bits per heavy atom. The van der Waals surface area contributed by atoms with Gasteiger partial charge in [0.1, 0.15) is 0 Å². The largest absolute Gasteiger partial charge is 0.302 e. The molecule has 1 N–H and O–H groups in total. The van der Waals surface area contributed by atoms with Crippen molar-refractivity contribution in [2.75, 3.05) is 5.32 Å². The Labute approximate surface area is 96.1 Å². The van der Waals surface area contributed by atoms with Gasteiger partial charge in [-0.05, 0) is 21.3 Å². The molecular formula is C9H13BrN2OS. The highest BCUT2D eigenvalue weighted by Crippen LogP contribution is 2.24. The number of amides is 1. The maximum Gasteiger partial charge on any atom is 0.226 e. The molecule has 0 saturated carbocycles. The van der Waals surface area contributed by atoms with Gasteiger partial charge in [0.25, 0.3) is 0 Å². The topological polar surface area (TPSA) is 42.0 Å². The first-order valence-electron chi connectivity index (χ1n) is 4.28. The number of aromatic nitrogens is 1. The number of carbonyl (C=O) groups excluding carboxylic acids is 1. The van der Waals surface area contributed by atoms with Crippen LogP contribution in [0, 0.1) is 5.41 Å². The second kappa shape index (κ2) is 4.40. The normalized spacial score (nSPS) is 11.4. The third kappa shape index (κ3) is 4.19. The fourth-order valence-corrected chi connectivity index (χ4v) is 2.08. The molecule has 1 aromatic rings. The number of halogens is 1. The van der Waals surface area contributed by atoms with Crippen LogP contribution in [0.4, 0.5) is 5.13 Å². The van der Waals surface area contributed by atoms with E-state index in [1.54, 1.807) is 6.20 Å². The van der Waals surface area contributed by atoms with Crippen molar-refractivity contribution in [1.82, 2.24) is 4.98 Å². The zero-order valence-electron chi connectivity index (χ0n) is 8.43. The molecule has 3 nitrogen and oxygen atoms in total. The summed E-state index contributed by atoms with van der Waals surface area (Å²) in [6.07, 6.45) is 2.18. The lowest BCUT2D eigenvalue weighted by Crippen LogP contribution is -2.19. The van der Waals surface area contributed by atoms with E-state index in [9.17, 15) is 4.79 Å². The summed E-state index contributed by atoms with van der Waals surface area (Å²) in [4.78, 5) is 15.5. The molecule has 5 heteroatoms. The summed E-state index contributed by atoms with van der Waals surface area (Å²) < 4.78 is 0.920. The molecular weight excluding hydrogens is 264 g/mol. The molecule has 0 aromatic carbocycles. The van der Waals surface area contributed by atoms with Crippen molar-refractivity contribution in [3.8, 4) is 0 Å². The van der Waals surface area contributed by atoms with E-state index in [1.165, 1.54) is 11.3 Å². The van der Waals surface area contributed by atoms with Crippen LogP contribution in [0.2, 0.25) is 0 Å². The van der Waals surface area contributed by atoms with E-state index < -0.39 is 0 Å². The minimum atomic E-state index is 0.0125. The highest BCUT2D eigenvalue weighted by Gasteiger charge is 2.16. The van der Waals surface area contributed by atoms with E-state index in [4.69, 9.17) is 0 Å². The van der Waals surface area contributed by atoms with Gasteiger partial charge in [-0.1, -0.05) is 32.1 Å². The van der Waals surface area contributed by atoms with E-state index in [2.05, 4.69) is 26.2 Å². The van der Waals surface area contributed by atoms with Crippen LogP contribution >= 0.6 is 27.3 Å². The van der Waals surface area contributed by atoms with Crippen LogP contribution in [0.3, 0.4) is 0 Å². The molecule has 1 aromatic heterocycles. The SMILES string of the molecule is CC(C)(C)CC(=O)Nc1ncc(Br)s1. The molecule has 1 heterocycles. The third-order valence-corrected chi connectivity index (χ3v) is 2.81. The number of hydrogen-bond acceptors (Lipinski definition) is 3. The molecule has 0 fully saturated rings. The molecule has 0 saturated heterocycles. The summed E-state index contributed by atoms with van der Waals surface area (Å²) in [6.45, 7) is 6.10. The fraction of sp³-hybridized carbons (Fsp3) is 0.556. The Hall–Kier alpha value is -0.420. The number of hydrogen-bond donors (Lipinski definition) is 1. The van der Waals surface area contributed by atoms with E-state index in [-0.39, 0.29) is 11.3 Å². The van der Waals surface area contributed by atoms with Crippen molar-refractivity contribution < 1.29 is 4.79 Å². The van der Waals surface area contributed by atoms with Crippen LogP contribution < -0.4 is 5.32 Å². The average Bonchev–Trinajstić information content (AvgIpc) is 2.30. The molecule has 14 heavy (non-hydrogen) atoms. The van der Waals surface area contributed by atoms with Gasteiger partial charge in [0.15, 0.2) is 5.13 Å². The van der Waals surface area contributed by atoms with Crippen molar-refractivity contribution in [1.29, 1.82) is 0 Å². The predicted molar refractivity (Wildman–Crippen MR) is 62.5 cm³/mol. The highest BCUT2D eigenvalue weighted by molar-refractivity contribution is 9.11. The first kappa shape index (κ1) is 11.7. The summed E-state index contributed by atoms with van der Waals surface area (Å²) in [5, 5.41) is 3.40. The highest BCUT2D eigenvalue weighted by atomic mass is 79.9. The van der Waals surface area contributed by atoms with Crippen LogP contribution in [-0.2, 0) is 4.79 Å². The summed E-state index contributed by atoms with van der Waals surface area (Å²) in [7, 11) is 0. The van der Waals surface area contributed by atoms with Crippen molar-refractivity contribution >= 4 is 38.3 Å². The molecule has 0 radical (unpaired) electrons. The number of carbonyl (C=O) groups is 1. The van der Waals surface area contributed by atoms with Crippen LogP contribution in [0.5, 0.6) is 0 Å². The Kier molecular flexibility index (Phi) is 3.66. The van der Waals surface area contributed by atoms with Crippen molar-refractivity contribution in [3.05, 3.63) is 9.98 Å². The molecule has 0 unspecified atom stereocenters. The molecule has 0 atom stereocenters. The minimum Gasteiger partial charge on any atom is -0.302 e. The Morgan fingerprint density at radius 2 is 2.29 bits per heavy atom. The monoisotopic (exact) mass is 276 g/mol. The van der Waals surface area contributed by atoms with Crippen molar-refractivity contribution in [3.63, 3.8) is 0 Å². The number of nitrogens with one attached hydrogen (secondary N) is 1. The Morgan fingerprint density at radius 3 is 2.71 bits per heavy atom. The molecule has 1 rings (SSSR count).